The summed E-state index contributed by atoms with van der Waals surface area (Å²) in [4.78, 5) is 2.76. The van der Waals surface area contributed by atoms with Crippen LogP contribution in [-0.2, 0) is 0 Å². The van der Waals surface area contributed by atoms with E-state index in [0.29, 0.717) is 0 Å². The topological polar surface area (TPSA) is 15.3 Å². The molecule has 0 spiro atoms. The van der Waals surface area contributed by atoms with Crippen LogP contribution in [0.5, 0.6) is 0 Å². The van der Waals surface area contributed by atoms with Crippen molar-refractivity contribution < 1.29 is 0 Å². The summed E-state index contributed by atoms with van der Waals surface area (Å²) in [5.74, 6) is 1.86. The summed E-state index contributed by atoms with van der Waals surface area (Å²) in [5.41, 5.74) is 0. The fourth-order valence-corrected chi connectivity index (χ4v) is 3.19. The second-order valence-electron chi connectivity index (χ2n) is 5.45. The minimum Gasteiger partial charge on any atom is -0.315 e. The lowest BCUT2D eigenvalue weighted by Crippen LogP contribution is -2.53. The fourth-order valence-electron chi connectivity index (χ4n) is 3.19. The van der Waals surface area contributed by atoms with E-state index in [1.54, 1.807) is 0 Å². The van der Waals surface area contributed by atoms with Gasteiger partial charge in [-0.25, -0.2) is 0 Å². The average Bonchev–Trinajstić information content (AvgIpc) is 2.30. The van der Waals surface area contributed by atoms with E-state index < -0.39 is 0 Å². The molecule has 2 aliphatic rings. The van der Waals surface area contributed by atoms with Gasteiger partial charge in [0.15, 0.2) is 0 Å². The highest BCUT2D eigenvalue weighted by Gasteiger charge is 2.30. The van der Waals surface area contributed by atoms with Gasteiger partial charge in [-0.15, -0.1) is 0 Å². The van der Waals surface area contributed by atoms with E-state index in [0.717, 1.165) is 17.9 Å². The van der Waals surface area contributed by atoms with Crippen LogP contribution in [0, 0.1) is 11.8 Å². The molecule has 0 radical (unpaired) electrons. The number of hydrogen-bond acceptors (Lipinski definition) is 2. The zero-order valence-corrected chi connectivity index (χ0v) is 10.3. The molecule has 0 aliphatic carbocycles. The summed E-state index contributed by atoms with van der Waals surface area (Å²) in [6, 6.07) is 0.813. The number of nitrogens with one attached hydrogen (secondary N) is 1. The smallest absolute Gasteiger partial charge is 0.0246 e. The van der Waals surface area contributed by atoms with E-state index in [2.05, 4.69) is 24.1 Å². The summed E-state index contributed by atoms with van der Waals surface area (Å²) in [5, 5.41) is 3.55. The van der Waals surface area contributed by atoms with Crippen LogP contribution in [0.1, 0.15) is 39.5 Å². The molecule has 0 amide bonds. The maximum absolute atomic E-state index is 3.55. The van der Waals surface area contributed by atoms with Crippen LogP contribution < -0.4 is 5.32 Å². The molecule has 2 rings (SSSR count). The normalized spacial score (nSPS) is 39.2. The lowest BCUT2D eigenvalue weighted by molar-refractivity contribution is 0.0746. The van der Waals surface area contributed by atoms with Crippen LogP contribution in [0.15, 0.2) is 0 Å². The summed E-state index contributed by atoms with van der Waals surface area (Å²) in [7, 11) is 0. The summed E-state index contributed by atoms with van der Waals surface area (Å²) in [6.07, 6.45) is 5.60. The monoisotopic (exact) mass is 210 g/mol. The van der Waals surface area contributed by atoms with Gasteiger partial charge in [0.25, 0.3) is 0 Å². The number of piperidine rings is 2. The van der Waals surface area contributed by atoms with Crippen molar-refractivity contribution in [2.75, 3.05) is 26.2 Å². The van der Waals surface area contributed by atoms with Gasteiger partial charge in [-0.05, 0) is 44.2 Å². The molecule has 0 aromatic carbocycles. The van der Waals surface area contributed by atoms with Crippen molar-refractivity contribution in [3.8, 4) is 0 Å². The number of hydrogen-bond donors (Lipinski definition) is 1. The zero-order valence-electron chi connectivity index (χ0n) is 10.3. The van der Waals surface area contributed by atoms with Gasteiger partial charge in [-0.1, -0.05) is 20.3 Å². The first kappa shape index (κ1) is 11.4. The molecule has 2 aliphatic heterocycles. The highest BCUT2D eigenvalue weighted by molar-refractivity contribution is 4.86. The van der Waals surface area contributed by atoms with Gasteiger partial charge in [-0.2, -0.15) is 0 Å². The van der Waals surface area contributed by atoms with Crippen LogP contribution in [0.25, 0.3) is 0 Å². The van der Waals surface area contributed by atoms with Crippen molar-refractivity contribution in [3.63, 3.8) is 0 Å². The lowest BCUT2D eigenvalue weighted by atomic mass is 9.89. The molecule has 0 saturated carbocycles. The Labute approximate surface area is 94.4 Å². The van der Waals surface area contributed by atoms with Crippen LogP contribution in [0.4, 0.5) is 0 Å². The molecule has 2 heteroatoms. The third kappa shape index (κ3) is 2.73. The molecule has 88 valence electrons. The van der Waals surface area contributed by atoms with Crippen molar-refractivity contribution in [2.45, 2.75) is 45.6 Å². The molecule has 2 nitrogen and oxygen atoms in total. The largest absolute Gasteiger partial charge is 0.315 e. The van der Waals surface area contributed by atoms with Crippen LogP contribution in [-0.4, -0.2) is 37.1 Å². The lowest BCUT2D eigenvalue weighted by Gasteiger charge is -2.43. The second kappa shape index (κ2) is 5.31. The highest BCUT2D eigenvalue weighted by Crippen LogP contribution is 2.25. The third-order valence-electron chi connectivity index (χ3n) is 4.38. The number of rotatable bonds is 2. The first-order chi connectivity index (χ1) is 7.31. The first-order valence-corrected chi connectivity index (χ1v) is 6.76. The van der Waals surface area contributed by atoms with E-state index in [-0.39, 0.29) is 0 Å². The zero-order chi connectivity index (χ0) is 10.7. The molecular formula is C13H26N2. The second-order valence-corrected chi connectivity index (χ2v) is 5.45. The molecule has 0 aromatic heterocycles. The molecule has 0 bridgehead atoms. The van der Waals surface area contributed by atoms with Gasteiger partial charge in [0.1, 0.15) is 0 Å². The van der Waals surface area contributed by atoms with E-state index >= 15 is 0 Å². The van der Waals surface area contributed by atoms with Crippen molar-refractivity contribution in [1.82, 2.24) is 10.2 Å². The Hall–Kier alpha value is -0.0800. The minimum atomic E-state index is 0.813. The molecule has 3 unspecified atom stereocenters. The molecule has 2 heterocycles. The predicted molar refractivity (Wildman–Crippen MR) is 65.0 cm³/mol. The Morgan fingerprint density at radius 2 is 2.20 bits per heavy atom. The Kier molecular flexibility index (Phi) is 4.04. The van der Waals surface area contributed by atoms with Crippen molar-refractivity contribution in [3.05, 3.63) is 0 Å². The summed E-state index contributed by atoms with van der Waals surface area (Å²) in [6.45, 7) is 9.92. The maximum atomic E-state index is 3.55. The Morgan fingerprint density at radius 3 is 2.93 bits per heavy atom. The van der Waals surface area contributed by atoms with Gasteiger partial charge >= 0.3 is 0 Å². The van der Waals surface area contributed by atoms with Crippen LogP contribution >= 0.6 is 0 Å². The standard InChI is InChI=1S/C13H26N2/c1-3-12-5-4-8-15(10-12)13-9-14-7-6-11(13)2/h11-14H,3-10H2,1-2H3. The summed E-state index contributed by atoms with van der Waals surface area (Å²) >= 11 is 0. The van der Waals surface area contributed by atoms with Crippen molar-refractivity contribution in [1.29, 1.82) is 0 Å². The van der Waals surface area contributed by atoms with Gasteiger partial charge in [0, 0.05) is 19.1 Å². The molecule has 2 fully saturated rings. The van der Waals surface area contributed by atoms with Gasteiger partial charge in [0.2, 0.25) is 0 Å². The van der Waals surface area contributed by atoms with Crippen LogP contribution in [0.3, 0.4) is 0 Å². The third-order valence-corrected chi connectivity index (χ3v) is 4.38. The quantitative estimate of drug-likeness (QED) is 0.751. The number of likely N-dealkylation sites (tertiary alicyclic amines) is 1. The Bertz CT molecular complexity index is 193. The van der Waals surface area contributed by atoms with Gasteiger partial charge < -0.3 is 5.32 Å². The molecule has 0 aromatic rings. The molecule has 15 heavy (non-hydrogen) atoms. The van der Waals surface area contributed by atoms with E-state index in [4.69, 9.17) is 0 Å². The maximum Gasteiger partial charge on any atom is 0.0246 e. The molecule has 2 saturated heterocycles. The average molecular weight is 210 g/mol. The van der Waals surface area contributed by atoms with Gasteiger partial charge in [0.05, 0.1) is 0 Å². The molecule has 3 atom stereocenters. The minimum absolute atomic E-state index is 0.813. The van der Waals surface area contributed by atoms with Gasteiger partial charge in [-0.3, -0.25) is 4.90 Å². The Balaban J connectivity index is 1.90. The predicted octanol–water partition coefficient (Wildman–Crippen LogP) is 2.11. The highest BCUT2D eigenvalue weighted by atomic mass is 15.2. The van der Waals surface area contributed by atoms with Crippen molar-refractivity contribution in [2.24, 2.45) is 11.8 Å². The van der Waals surface area contributed by atoms with Crippen LogP contribution in [0.2, 0.25) is 0 Å². The van der Waals surface area contributed by atoms with E-state index in [9.17, 15) is 0 Å². The molecular weight excluding hydrogens is 184 g/mol. The Morgan fingerprint density at radius 1 is 1.33 bits per heavy atom. The van der Waals surface area contributed by atoms with Crippen molar-refractivity contribution >= 4 is 0 Å². The SMILES string of the molecule is CCC1CCCN(C2CNCCC2C)C1. The summed E-state index contributed by atoms with van der Waals surface area (Å²) < 4.78 is 0. The first-order valence-electron chi connectivity index (χ1n) is 6.76. The molecule has 1 N–H and O–H groups in total. The van der Waals surface area contributed by atoms with E-state index in [1.165, 1.54) is 51.9 Å². The number of nitrogens with zero attached hydrogens (tertiary/aromatic N) is 1. The fraction of sp³-hybridized carbons (Fsp3) is 1.00. The van der Waals surface area contributed by atoms with E-state index in [1.807, 2.05) is 0 Å².